The summed E-state index contributed by atoms with van der Waals surface area (Å²) in [6.45, 7) is 2.80. The van der Waals surface area contributed by atoms with Gasteiger partial charge in [-0.05, 0) is 55.7 Å². The highest BCUT2D eigenvalue weighted by Gasteiger charge is 2.26. The highest BCUT2D eigenvalue weighted by atomic mass is 32.1. The molecule has 4 aromatic rings. The van der Waals surface area contributed by atoms with Gasteiger partial charge in [-0.15, -0.1) is 11.3 Å². The number of benzene rings is 2. The minimum atomic E-state index is -0.00751. The topological polar surface area (TPSA) is 55.3 Å². The summed E-state index contributed by atoms with van der Waals surface area (Å²) in [6.07, 6.45) is 3.60. The number of aromatic nitrogens is 2. The molecule has 1 amide bonds. The Morgan fingerprint density at radius 2 is 1.91 bits per heavy atom. The molecule has 0 atom stereocenters. The molecule has 0 N–H and O–H groups in total. The first-order valence-corrected chi connectivity index (χ1v) is 11.5. The van der Waals surface area contributed by atoms with Crippen LogP contribution in [0.4, 0.5) is 5.69 Å². The Labute approximate surface area is 191 Å². The van der Waals surface area contributed by atoms with E-state index in [4.69, 9.17) is 9.72 Å². The molecule has 1 aliphatic rings. The Morgan fingerprint density at radius 3 is 2.72 bits per heavy atom. The number of ether oxygens (including phenoxy) is 1. The molecule has 160 valence electrons. The van der Waals surface area contributed by atoms with E-state index in [9.17, 15) is 4.79 Å². The van der Waals surface area contributed by atoms with Crippen LogP contribution in [0.25, 0.3) is 22.0 Å². The lowest BCUT2D eigenvalue weighted by molar-refractivity contribution is -0.121. The summed E-state index contributed by atoms with van der Waals surface area (Å²) in [5, 5.41) is 0.892. The van der Waals surface area contributed by atoms with Gasteiger partial charge in [-0.25, -0.2) is 4.98 Å². The maximum Gasteiger partial charge on any atom is 0.265 e. The van der Waals surface area contributed by atoms with Crippen LogP contribution in [0.2, 0.25) is 0 Å². The Bertz CT molecular complexity index is 1240. The second-order valence-electron chi connectivity index (χ2n) is 7.74. The standard InChI is InChI=1S/C26H23N3O2S/c1-18-25(28-26(32-18)21-11-5-6-14-27-21)20-12-13-23-22(16-20)29(24(30)17-31-23)15-7-10-19-8-3-2-4-9-19/h2-6,8-9,11-14,16H,7,10,15,17H2,1H3. The average Bonchev–Trinajstić information content (AvgIpc) is 3.23. The maximum atomic E-state index is 12.7. The smallest absolute Gasteiger partial charge is 0.265 e. The summed E-state index contributed by atoms with van der Waals surface area (Å²) in [6, 6.07) is 22.2. The summed E-state index contributed by atoms with van der Waals surface area (Å²) in [4.78, 5) is 24.9. The number of hydrogen-bond acceptors (Lipinski definition) is 5. The zero-order valence-electron chi connectivity index (χ0n) is 17.8. The number of aryl methyl sites for hydroxylation is 2. The fourth-order valence-corrected chi connectivity index (χ4v) is 4.86. The van der Waals surface area contributed by atoms with Crippen LogP contribution in [0, 0.1) is 6.92 Å². The van der Waals surface area contributed by atoms with Gasteiger partial charge < -0.3 is 9.64 Å². The first-order valence-electron chi connectivity index (χ1n) is 10.7. The molecule has 2 aromatic heterocycles. The summed E-state index contributed by atoms with van der Waals surface area (Å²) < 4.78 is 5.71. The Kier molecular flexibility index (Phi) is 5.69. The summed E-state index contributed by atoms with van der Waals surface area (Å²) in [5.41, 5.74) is 4.86. The van der Waals surface area contributed by atoms with Crippen molar-refractivity contribution >= 4 is 22.9 Å². The van der Waals surface area contributed by atoms with Crippen molar-refractivity contribution in [1.82, 2.24) is 9.97 Å². The number of rotatable bonds is 6. The first-order chi connectivity index (χ1) is 15.7. The minimum absolute atomic E-state index is 0.00751. The van der Waals surface area contributed by atoms with Crippen LogP contribution in [-0.2, 0) is 11.2 Å². The lowest BCUT2D eigenvalue weighted by Gasteiger charge is -2.30. The van der Waals surface area contributed by atoms with Gasteiger partial charge in [0.25, 0.3) is 5.91 Å². The second-order valence-corrected chi connectivity index (χ2v) is 8.95. The van der Waals surface area contributed by atoms with E-state index in [1.807, 2.05) is 59.5 Å². The second kappa shape index (κ2) is 8.93. The van der Waals surface area contributed by atoms with Gasteiger partial charge in [0.2, 0.25) is 0 Å². The zero-order valence-corrected chi connectivity index (χ0v) is 18.6. The monoisotopic (exact) mass is 441 g/mol. The molecular formula is C26H23N3O2S. The van der Waals surface area contributed by atoms with Crippen LogP contribution in [0.3, 0.4) is 0 Å². The largest absolute Gasteiger partial charge is 0.482 e. The number of carbonyl (C=O) groups is 1. The van der Waals surface area contributed by atoms with Gasteiger partial charge in [0.1, 0.15) is 10.8 Å². The van der Waals surface area contributed by atoms with Crippen LogP contribution in [-0.4, -0.2) is 29.0 Å². The van der Waals surface area contributed by atoms with Gasteiger partial charge >= 0.3 is 0 Å². The van der Waals surface area contributed by atoms with Crippen molar-refractivity contribution < 1.29 is 9.53 Å². The van der Waals surface area contributed by atoms with E-state index in [-0.39, 0.29) is 12.5 Å². The van der Waals surface area contributed by atoms with Gasteiger partial charge in [0.05, 0.1) is 17.1 Å². The number of amides is 1. The summed E-state index contributed by atoms with van der Waals surface area (Å²) >= 11 is 1.63. The van der Waals surface area contributed by atoms with Gasteiger partial charge in [-0.1, -0.05) is 36.4 Å². The van der Waals surface area contributed by atoms with E-state index in [1.165, 1.54) is 5.56 Å². The molecular weight excluding hydrogens is 418 g/mol. The van der Waals surface area contributed by atoms with E-state index in [0.29, 0.717) is 6.54 Å². The molecule has 3 heterocycles. The summed E-state index contributed by atoms with van der Waals surface area (Å²) in [5.74, 6) is 0.734. The van der Waals surface area contributed by atoms with Crippen molar-refractivity contribution in [2.24, 2.45) is 0 Å². The number of hydrogen-bond donors (Lipinski definition) is 0. The number of thiazole rings is 1. The fourth-order valence-electron chi connectivity index (χ4n) is 3.94. The Hall–Kier alpha value is -3.51. The third-order valence-electron chi connectivity index (χ3n) is 5.55. The van der Waals surface area contributed by atoms with Crippen LogP contribution in [0.5, 0.6) is 5.75 Å². The Balaban J connectivity index is 1.41. The van der Waals surface area contributed by atoms with Crippen LogP contribution in [0.1, 0.15) is 16.9 Å². The lowest BCUT2D eigenvalue weighted by Crippen LogP contribution is -2.39. The lowest BCUT2D eigenvalue weighted by atomic mass is 10.1. The zero-order chi connectivity index (χ0) is 21.9. The molecule has 5 rings (SSSR count). The molecule has 0 spiro atoms. The molecule has 5 nitrogen and oxygen atoms in total. The summed E-state index contributed by atoms with van der Waals surface area (Å²) in [7, 11) is 0. The van der Waals surface area contributed by atoms with Crippen molar-refractivity contribution in [3.63, 3.8) is 0 Å². The Morgan fingerprint density at radius 1 is 1.06 bits per heavy atom. The van der Waals surface area contributed by atoms with Gasteiger partial charge in [0, 0.05) is 23.2 Å². The molecule has 32 heavy (non-hydrogen) atoms. The predicted octanol–water partition coefficient (Wildman–Crippen LogP) is 5.54. The number of pyridine rings is 1. The van der Waals surface area contributed by atoms with Gasteiger partial charge in [0.15, 0.2) is 6.61 Å². The van der Waals surface area contributed by atoms with E-state index in [0.717, 1.165) is 51.1 Å². The SMILES string of the molecule is Cc1sc(-c2ccccn2)nc1-c1ccc2c(c1)N(CCCc1ccccc1)C(=O)CO2. The molecule has 6 heteroatoms. The number of fused-ring (bicyclic) bond motifs is 1. The molecule has 0 bridgehead atoms. The normalized spacial score (nSPS) is 13.0. The van der Waals surface area contributed by atoms with Crippen LogP contribution < -0.4 is 9.64 Å². The molecule has 2 aromatic carbocycles. The van der Waals surface area contributed by atoms with Crippen molar-refractivity contribution in [3.05, 3.63) is 83.4 Å². The van der Waals surface area contributed by atoms with Crippen molar-refractivity contribution in [3.8, 4) is 27.7 Å². The van der Waals surface area contributed by atoms with Crippen molar-refractivity contribution in [2.75, 3.05) is 18.1 Å². The number of anilines is 1. The third-order valence-corrected chi connectivity index (χ3v) is 6.54. The van der Waals surface area contributed by atoms with Gasteiger partial charge in [-0.3, -0.25) is 9.78 Å². The highest BCUT2D eigenvalue weighted by molar-refractivity contribution is 7.15. The van der Waals surface area contributed by atoms with Crippen molar-refractivity contribution in [1.29, 1.82) is 0 Å². The van der Waals surface area contributed by atoms with E-state index >= 15 is 0 Å². The quantitative estimate of drug-likeness (QED) is 0.394. The molecule has 0 radical (unpaired) electrons. The minimum Gasteiger partial charge on any atom is -0.482 e. The third kappa shape index (κ3) is 4.14. The van der Waals surface area contributed by atoms with Crippen LogP contribution in [0.15, 0.2) is 72.9 Å². The number of nitrogens with zero attached hydrogens (tertiary/aromatic N) is 3. The van der Waals surface area contributed by atoms with E-state index in [1.54, 1.807) is 17.5 Å². The van der Waals surface area contributed by atoms with Gasteiger partial charge in [-0.2, -0.15) is 0 Å². The fraction of sp³-hybridized carbons (Fsp3) is 0.192. The van der Waals surface area contributed by atoms with E-state index < -0.39 is 0 Å². The molecule has 0 saturated heterocycles. The molecule has 0 aliphatic carbocycles. The molecule has 0 unspecified atom stereocenters. The predicted molar refractivity (Wildman–Crippen MR) is 128 cm³/mol. The molecule has 0 saturated carbocycles. The first kappa shape index (κ1) is 20.4. The number of carbonyl (C=O) groups excluding carboxylic acids is 1. The van der Waals surface area contributed by atoms with Crippen LogP contribution >= 0.6 is 11.3 Å². The maximum absolute atomic E-state index is 12.7. The molecule has 0 fully saturated rings. The average molecular weight is 442 g/mol. The highest BCUT2D eigenvalue weighted by Crippen LogP contribution is 2.39. The van der Waals surface area contributed by atoms with E-state index in [2.05, 4.69) is 24.0 Å². The molecule has 1 aliphatic heterocycles. The van der Waals surface area contributed by atoms with Crippen molar-refractivity contribution in [2.45, 2.75) is 19.8 Å².